The SMILES string of the molecule is Cc1ccc(C(=O)NN=Cc2cc(C(F)(F)F)cc(Cl)c2O)cc1. The summed E-state index contributed by atoms with van der Waals surface area (Å²) in [5.74, 6) is -1.10. The second-order valence-electron chi connectivity index (χ2n) is 4.96. The Kier molecular flexibility index (Phi) is 5.14. The molecule has 0 radical (unpaired) electrons. The van der Waals surface area contributed by atoms with Gasteiger partial charge >= 0.3 is 6.18 Å². The van der Waals surface area contributed by atoms with Crippen LogP contribution < -0.4 is 5.43 Å². The highest BCUT2D eigenvalue weighted by atomic mass is 35.5. The smallest absolute Gasteiger partial charge is 0.416 e. The van der Waals surface area contributed by atoms with Crippen LogP contribution in [0, 0.1) is 6.92 Å². The third kappa shape index (κ3) is 4.26. The number of hydrogen-bond acceptors (Lipinski definition) is 3. The van der Waals surface area contributed by atoms with Gasteiger partial charge in [-0.05, 0) is 31.2 Å². The van der Waals surface area contributed by atoms with Crippen LogP contribution >= 0.6 is 11.6 Å². The van der Waals surface area contributed by atoms with Crippen molar-refractivity contribution in [1.82, 2.24) is 5.43 Å². The summed E-state index contributed by atoms with van der Waals surface area (Å²) in [6.07, 6.45) is -3.73. The molecule has 2 N–H and O–H groups in total. The molecule has 0 spiro atoms. The van der Waals surface area contributed by atoms with Gasteiger partial charge in [-0.15, -0.1) is 0 Å². The maximum atomic E-state index is 12.7. The summed E-state index contributed by atoms with van der Waals surface area (Å²) in [5.41, 5.74) is 2.18. The molecule has 0 aliphatic carbocycles. The maximum absolute atomic E-state index is 12.7. The van der Waals surface area contributed by atoms with Crippen molar-refractivity contribution in [2.24, 2.45) is 5.10 Å². The standard InChI is InChI=1S/C16H12ClF3N2O2/c1-9-2-4-10(5-3-9)15(24)22-21-8-11-6-12(16(18,19)20)7-13(17)14(11)23/h2-8,23H,1H3,(H,22,24). The monoisotopic (exact) mass is 356 g/mol. The highest BCUT2D eigenvalue weighted by Crippen LogP contribution is 2.36. The summed E-state index contributed by atoms with van der Waals surface area (Å²) in [6.45, 7) is 1.86. The van der Waals surface area contributed by atoms with Gasteiger partial charge in [0.15, 0.2) is 0 Å². The molecule has 0 saturated heterocycles. The molecule has 126 valence electrons. The van der Waals surface area contributed by atoms with E-state index in [4.69, 9.17) is 11.6 Å². The van der Waals surface area contributed by atoms with Gasteiger partial charge in [-0.25, -0.2) is 5.43 Å². The zero-order valence-corrected chi connectivity index (χ0v) is 13.1. The number of phenols is 1. The number of nitrogens with zero attached hydrogens (tertiary/aromatic N) is 1. The van der Waals surface area contributed by atoms with Crippen LogP contribution in [0.25, 0.3) is 0 Å². The molecule has 1 amide bonds. The van der Waals surface area contributed by atoms with Crippen molar-refractivity contribution in [1.29, 1.82) is 0 Å². The summed E-state index contributed by atoms with van der Waals surface area (Å²) in [6, 6.07) is 7.92. The van der Waals surface area contributed by atoms with E-state index in [2.05, 4.69) is 10.5 Å². The van der Waals surface area contributed by atoms with Gasteiger partial charge in [-0.1, -0.05) is 29.3 Å². The fourth-order valence-electron chi connectivity index (χ4n) is 1.81. The number of aromatic hydroxyl groups is 1. The number of rotatable bonds is 3. The molecule has 0 bridgehead atoms. The summed E-state index contributed by atoms with van der Waals surface area (Å²) in [5, 5.41) is 12.8. The molecule has 2 aromatic carbocycles. The van der Waals surface area contributed by atoms with Gasteiger partial charge in [0.05, 0.1) is 16.8 Å². The summed E-state index contributed by atoms with van der Waals surface area (Å²) in [7, 11) is 0. The van der Waals surface area contributed by atoms with Crippen molar-refractivity contribution < 1.29 is 23.1 Å². The number of phenolic OH excluding ortho intramolecular Hbond substituents is 1. The van der Waals surface area contributed by atoms with Crippen LogP contribution in [0.1, 0.15) is 27.0 Å². The molecule has 8 heteroatoms. The molecular formula is C16H12ClF3N2O2. The third-order valence-electron chi connectivity index (χ3n) is 3.10. The van der Waals surface area contributed by atoms with Gasteiger partial charge in [-0.2, -0.15) is 18.3 Å². The first-order valence-corrected chi connectivity index (χ1v) is 7.06. The van der Waals surface area contributed by atoms with Crippen molar-refractivity contribution in [3.05, 3.63) is 63.7 Å². The lowest BCUT2D eigenvalue weighted by molar-refractivity contribution is -0.137. The average molecular weight is 357 g/mol. The van der Waals surface area contributed by atoms with Crippen LogP contribution in [0.5, 0.6) is 5.75 Å². The Hall–Kier alpha value is -2.54. The minimum atomic E-state index is -4.62. The van der Waals surface area contributed by atoms with Gasteiger partial charge in [0.2, 0.25) is 0 Å². The number of alkyl halides is 3. The van der Waals surface area contributed by atoms with E-state index < -0.39 is 28.4 Å². The van der Waals surface area contributed by atoms with Crippen LogP contribution in [0.2, 0.25) is 5.02 Å². The number of benzene rings is 2. The van der Waals surface area contributed by atoms with Crippen LogP contribution in [0.3, 0.4) is 0 Å². The van der Waals surface area contributed by atoms with Crippen LogP contribution in [0.15, 0.2) is 41.5 Å². The van der Waals surface area contributed by atoms with E-state index in [1.807, 2.05) is 6.92 Å². The van der Waals surface area contributed by atoms with Gasteiger partial charge in [0.25, 0.3) is 5.91 Å². The zero-order chi connectivity index (χ0) is 17.9. The molecule has 0 fully saturated rings. The predicted octanol–water partition coefficient (Wildman–Crippen LogP) is 4.14. The lowest BCUT2D eigenvalue weighted by atomic mass is 10.1. The Bertz CT molecular complexity index is 787. The van der Waals surface area contributed by atoms with Crippen molar-refractivity contribution in [3.8, 4) is 5.75 Å². The summed E-state index contributed by atoms with van der Waals surface area (Å²) in [4.78, 5) is 11.8. The number of hydrazone groups is 1. The first-order valence-electron chi connectivity index (χ1n) is 6.68. The number of amides is 1. The Morgan fingerprint density at radius 2 is 1.88 bits per heavy atom. The van der Waals surface area contributed by atoms with Crippen molar-refractivity contribution >= 4 is 23.7 Å². The molecule has 24 heavy (non-hydrogen) atoms. The molecule has 0 unspecified atom stereocenters. The van der Waals surface area contributed by atoms with Crippen LogP contribution in [-0.4, -0.2) is 17.2 Å². The fourth-order valence-corrected chi connectivity index (χ4v) is 2.04. The van der Waals surface area contributed by atoms with Gasteiger partial charge in [-0.3, -0.25) is 4.79 Å². The Labute approximate surface area is 140 Å². The highest BCUT2D eigenvalue weighted by Gasteiger charge is 2.32. The first kappa shape index (κ1) is 17.8. The number of nitrogens with one attached hydrogen (secondary N) is 1. The first-order chi connectivity index (χ1) is 11.2. The molecule has 0 aliphatic heterocycles. The molecule has 0 atom stereocenters. The van der Waals surface area contributed by atoms with Crippen molar-refractivity contribution in [3.63, 3.8) is 0 Å². The van der Waals surface area contributed by atoms with E-state index in [0.29, 0.717) is 17.7 Å². The fraction of sp³-hybridized carbons (Fsp3) is 0.125. The van der Waals surface area contributed by atoms with E-state index >= 15 is 0 Å². The van der Waals surface area contributed by atoms with Crippen molar-refractivity contribution in [2.75, 3.05) is 0 Å². The number of hydrogen-bond donors (Lipinski definition) is 2. The molecule has 0 aliphatic rings. The molecular weight excluding hydrogens is 345 g/mol. The Morgan fingerprint density at radius 3 is 2.46 bits per heavy atom. The minimum absolute atomic E-state index is 0.265. The molecule has 4 nitrogen and oxygen atoms in total. The zero-order valence-electron chi connectivity index (χ0n) is 12.4. The molecule has 0 saturated carbocycles. The number of carbonyl (C=O) groups excluding carboxylic acids is 1. The van der Waals surface area contributed by atoms with E-state index in [-0.39, 0.29) is 5.56 Å². The van der Waals surface area contributed by atoms with E-state index in [1.165, 1.54) is 0 Å². The Balaban J connectivity index is 2.18. The lowest BCUT2D eigenvalue weighted by Crippen LogP contribution is -2.17. The van der Waals surface area contributed by atoms with Gasteiger partial charge in [0.1, 0.15) is 5.75 Å². The highest BCUT2D eigenvalue weighted by molar-refractivity contribution is 6.32. The molecule has 2 rings (SSSR count). The summed E-state index contributed by atoms with van der Waals surface area (Å²) < 4.78 is 38.2. The van der Waals surface area contributed by atoms with Gasteiger partial charge in [0, 0.05) is 11.1 Å². The number of halogens is 4. The Morgan fingerprint density at radius 1 is 1.25 bits per heavy atom. The normalized spacial score (nSPS) is 11.7. The second-order valence-corrected chi connectivity index (χ2v) is 5.37. The lowest BCUT2D eigenvalue weighted by Gasteiger charge is -2.09. The average Bonchev–Trinajstić information content (AvgIpc) is 2.50. The van der Waals surface area contributed by atoms with Crippen LogP contribution in [0.4, 0.5) is 13.2 Å². The van der Waals surface area contributed by atoms with E-state index in [0.717, 1.165) is 11.8 Å². The number of aryl methyl sites for hydroxylation is 1. The molecule has 2 aromatic rings. The molecule has 0 aromatic heterocycles. The number of carbonyl (C=O) groups is 1. The van der Waals surface area contributed by atoms with E-state index in [1.54, 1.807) is 24.3 Å². The predicted molar refractivity (Wildman–Crippen MR) is 84.4 cm³/mol. The second kappa shape index (κ2) is 6.92. The minimum Gasteiger partial charge on any atom is -0.506 e. The largest absolute Gasteiger partial charge is 0.506 e. The third-order valence-corrected chi connectivity index (χ3v) is 3.39. The topological polar surface area (TPSA) is 61.7 Å². The molecule has 0 heterocycles. The van der Waals surface area contributed by atoms with Crippen molar-refractivity contribution in [2.45, 2.75) is 13.1 Å². The summed E-state index contributed by atoms with van der Waals surface area (Å²) >= 11 is 5.58. The maximum Gasteiger partial charge on any atom is 0.416 e. The quantitative estimate of drug-likeness (QED) is 0.641. The van der Waals surface area contributed by atoms with Crippen LogP contribution in [-0.2, 0) is 6.18 Å². The van der Waals surface area contributed by atoms with Gasteiger partial charge < -0.3 is 5.11 Å². The van der Waals surface area contributed by atoms with E-state index in [9.17, 15) is 23.1 Å².